The average Bonchev–Trinajstić information content (AvgIpc) is 2.40. The van der Waals surface area contributed by atoms with Crippen molar-refractivity contribution in [3.8, 4) is 0 Å². The van der Waals surface area contributed by atoms with Crippen LogP contribution in [-0.4, -0.2) is 30.4 Å². The molecule has 1 aliphatic rings. The van der Waals surface area contributed by atoms with E-state index in [-0.39, 0.29) is 5.92 Å². The van der Waals surface area contributed by atoms with Crippen LogP contribution >= 0.6 is 0 Å². The Balaban J connectivity index is 2.30. The highest BCUT2D eigenvalue weighted by Gasteiger charge is 2.23. The van der Waals surface area contributed by atoms with Gasteiger partial charge in [0.2, 0.25) is 0 Å². The van der Waals surface area contributed by atoms with Crippen LogP contribution in [0.15, 0.2) is 30.3 Å². The van der Waals surface area contributed by atoms with Gasteiger partial charge in [-0.15, -0.1) is 5.06 Å². The zero-order chi connectivity index (χ0) is 14.5. The van der Waals surface area contributed by atoms with Gasteiger partial charge in [0.1, 0.15) is 6.29 Å². The van der Waals surface area contributed by atoms with E-state index in [2.05, 4.69) is 13.8 Å². The van der Waals surface area contributed by atoms with Gasteiger partial charge in [-0.1, -0.05) is 38.1 Å². The maximum absolute atomic E-state index is 12.2. The number of carbonyl (C=O) groups excluding carboxylic acids is 2. The van der Waals surface area contributed by atoms with Gasteiger partial charge < -0.3 is 4.84 Å². The molecule has 1 aliphatic heterocycles. The first-order valence-corrected chi connectivity index (χ1v) is 6.85. The summed E-state index contributed by atoms with van der Waals surface area (Å²) in [4.78, 5) is 28.3. The normalized spacial score (nSPS) is 15.8. The molecule has 0 atom stereocenters. The minimum atomic E-state index is -0.468. The molecule has 1 aromatic rings. The van der Waals surface area contributed by atoms with Gasteiger partial charge in [0.05, 0.1) is 5.57 Å². The van der Waals surface area contributed by atoms with Gasteiger partial charge in [-0.3, -0.25) is 4.79 Å². The molecule has 2 rings (SSSR count). The fourth-order valence-corrected chi connectivity index (χ4v) is 2.13. The Morgan fingerprint density at radius 2 is 2.00 bits per heavy atom. The number of hydrogen-bond acceptors (Lipinski definition) is 4. The summed E-state index contributed by atoms with van der Waals surface area (Å²) in [6.07, 6.45) is 2.94. The minimum absolute atomic E-state index is 0.262. The highest BCUT2D eigenvalue weighted by Crippen LogP contribution is 2.27. The molecular formula is C16H19NO3. The Morgan fingerprint density at radius 1 is 1.30 bits per heavy atom. The lowest BCUT2D eigenvalue weighted by Gasteiger charge is -2.29. The highest BCUT2D eigenvalue weighted by molar-refractivity contribution is 6.19. The zero-order valence-corrected chi connectivity index (χ0v) is 11.8. The van der Waals surface area contributed by atoms with Crippen molar-refractivity contribution in [2.24, 2.45) is 0 Å². The Hall–Kier alpha value is -1.94. The molecule has 106 valence electrons. The Bertz CT molecular complexity index is 530. The minimum Gasteiger partial charge on any atom is -0.364 e. The quantitative estimate of drug-likeness (QED) is 0.611. The van der Waals surface area contributed by atoms with Crippen LogP contribution in [0.2, 0.25) is 0 Å². The van der Waals surface area contributed by atoms with Crippen LogP contribution in [0.4, 0.5) is 0 Å². The van der Waals surface area contributed by atoms with Crippen molar-refractivity contribution in [2.45, 2.75) is 26.2 Å². The van der Waals surface area contributed by atoms with Crippen molar-refractivity contribution >= 4 is 17.8 Å². The Morgan fingerprint density at radius 3 is 2.55 bits per heavy atom. The molecule has 1 aromatic carbocycles. The van der Waals surface area contributed by atoms with Gasteiger partial charge in [0.25, 0.3) is 0 Å². The summed E-state index contributed by atoms with van der Waals surface area (Å²) in [5.41, 5.74) is 2.11. The third kappa shape index (κ3) is 3.14. The van der Waals surface area contributed by atoms with E-state index >= 15 is 0 Å². The van der Waals surface area contributed by atoms with Crippen LogP contribution in [0.5, 0.6) is 0 Å². The first kappa shape index (κ1) is 14.5. The van der Waals surface area contributed by atoms with E-state index in [1.807, 2.05) is 24.3 Å². The number of rotatable bonds is 5. The topological polar surface area (TPSA) is 46.6 Å². The molecule has 0 bridgehead atoms. The third-order valence-corrected chi connectivity index (χ3v) is 3.35. The van der Waals surface area contributed by atoms with Crippen molar-refractivity contribution in [1.29, 1.82) is 0 Å². The summed E-state index contributed by atoms with van der Waals surface area (Å²) in [6.45, 7) is 5.62. The lowest BCUT2D eigenvalue weighted by Crippen LogP contribution is -2.39. The molecule has 0 aromatic heterocycles. The standard InChI is InChI=1S/C16H19NO3/c1-12(2)13-6-3-4-7-14(13)15(8-11-18)16(19)20-17-9-5-10-17/h3-4,6-8,11-12H,5,9-10H2,1-2H3. The second-order valence-electron chi connectivity index (χ2n) is 5.12. The summed E-state index contributed by atoms with van der Waals surface area (Å²) in [5.74, 6) is -0.206. The molecule has 1 saturated heterocycles. The van der Waals surface area contributed by atoms with Gasteiger partial charge in [-0.25, -0.2) is 4.79 Å². The lowest BCUT2D eigenvalue weighted by atomic mass is 9.92. The largest absolute Gasteiger partial charge is 0.364 e. The Kier molecular flexibility index (Phi) is 4.69. The lowest BCUT2D eigenvalue weighted by molar-refractivity contribution is -0.200. The van der Waals surface area contributed by atoms with Crippen LogP contribution in [0.1, 0.15) is 37.3 Å². The first-order chi connectivity index (χ1) is 9.63. The number of hydroxylamine groups is 2. The van der Waals surface area contributed by atoms with E-state index in [0.717, 1.165) is 30.6 Å². The van der Waals surface area contributed by atoms with Crippen LogP contribution in [0.3, 0.4) is 0 Å². The Labute approximate surface area is 119 Å². The number of nitrogens with zero attached hydrogens (tertiary/aromatic N) is 1. The highest BCUT2D eigenvalue weighted by atomic mass is 16.7. The van der Waals surface area contributed by atoms with Crippen LogP contribution in [0, 0.1) is 0 Å². The molecule has 4 nitrogen and oxygen atoms in total. The van der Waals surface area contributed by atoms with Crippen molar-refractivity contribution < 1.29 is 14.4 Å². The van der Waals surface area contributed by atoms with Gasteiger partial charge in [0.15, 0.2) is 0 Å². The molecule has 0 unspecified atom stereocenters. The van der Waals surface area contributed by atoms with Crippen molar-refractivity contribution in [3.05, 3.63) is 41.5 Å². The molecule has 1 heterocycles. The number of carbonyl (C=O) groups is 2. The van der Waals surface area contributed by atoms with Gasteiger partial charge in [0, 0.05) is 13.1 Å². The third-order valence-electron chi connectivity index (χ3n) is 3.35. The molecule has 0 radical (unpaired) electrons. The summed E-state index contributed by atoms with van der Waals surface area (Å²) in [7, 11) is 0. The van der Waals surface area contributed by atoms with E-state index < -0.39 is 5.97 Å². The zero-order valence-electron chi connectivity index (χ0n) is 11.8. The van der Waals surface area contributed by atoms with Crippen LogP contribution < -0.4 is 0 Å². The van der Waals surface area contributed by atoms with Gasteiger partial charge in [-0.05, 0) is 29.5 Å². The van der Waals surface area contributed by atoms with E-state index in [4.69, 9.17) is 4.84 Å². The number of hydrogen-bond donors (Lipinski definition) is 0. The molecular weight excluding hydrogens is 254 g/mol. The van der Waals surface area contributed by atoms with E-state index in [1.54, 1.807) is 5.06 Å². The molecule has 1 fully saturated rings. The van der Waals surface area contributed by atoms with Crippen LogP contribution in [-0.2, 0) is 14.4 Å². The van der Waals surface area contributed by atoms with Crippen molar-refractivity contribution in [1.82, 2.24) is 5.06 Å². The van der Waals surface area contributed by atoms with Gasteiger partial charge in [-0.2, -0.15) is 0 Å². The van der Waals surface area contributed by atoms with E-state index in [9.17, 15) is 9.59 Å². The fraction of sp³-hybridized carbons (Fsp3) is 0.375. The average molecular weight is 273 g/mol. The summed E-state index contributed by atoms with van der Waals surface area (Å²) >= 11 is 0. The molecule has 4 heteroatoms. The molecule has 0 saturated carbocycles. The number of allylic oxidation sites excluding steroid dienone is 1. The smallest absolute Gasteiger partial charge is 0.357 e. The monoisotopic (exact) mass is 273 g/mol. The fourth-order valence-electron chi connectivity index (χ4n) is 2.13. The second-order valence-corrected chi connectivity index (χ2v) is 5.12. The maximum Gasteiger partial charge on any atom is 0.357 e. The molecule has 0 aliphatic carbocycles. The van der Waals surface area contributed by atoms with Crippen molar-refractivity contribution in [3.63, 3.8) is 0 Å². The summed E-state index contributed by atoms with van der Waals surface area (Å²) < 4.78 is 0. The number of benzene rings is 1. The predicted octanol–water partition coefficient (Wildman–Crippen LogP) is 2.56. The molecule has 0 amide bonds. The number of aldehydes is 1. The van der Waals surface area contributed by atoms with Crippen LogP contribution in [0.25, 0.3) is 5.57 Å². The predicted molar refractivity (Wildman–Crippen MR) is 76.9 cm³/mol. The summed E-state index contributed by atoms with van der Waals surface area (Å²) in [5, 5.41) is 1.61. The first-order valence-electron chi connectivity index (χ1n) is 6.85. The molecule has 20 heavy (non-hydrogen) atoms. The van der Waals surface area contributed by atoms with Gasteiger partial charge >= 0.3 is 5.97 Å². The van der Waals surface area contributed by atoms with Crippen molar-refractivity contribution in [2.75, 3.05) is 13.1 Å². The molecule has 0 spiro atoms. The second kappa shape index (κ2) is 6.48. The van der Waals surface area contributed by atoms with E-state index in [0.29, 0.717) is 11.9 Å². The SMILES string of the molecule is CC(C)c1ccccc1C(=CC=O)C(=O)ON1CCC1. The summed E-state index contributed by atoms with van der Waals surface area (Å²) in [6, 6.07) is 7.60. The van der Waals surface area contributed by atoms with E-state index in [1.165, 1.54) is 6.08 Å². The molecule has 0 N–H and O–H groups in total. The maximum atomic E-state index is 12.2.